The van der Waals surface area contributed by atoms with Gasteiger partial charge >= 0.3 is 0 Å². The van der Waals surface area contributed by atoms with Gasteiger partial charge in [-0.25, -0.2) is 0 Å². The molecule has 0 aliphatic carbocycles. The Morgan fingerprint density at radius 2 is 2.21 bits per heavy atom. The van der Waals surface area contributed by atoms with Gasteiger partial charge in [0.2, 0.25) is 0 Å². The number of allylic oxidation sites excluding steroid dienone is 3. The Morgan fingerprint density at radius 1 is 1.47 bits per heavy atom. The summed E-state index contributed by atoms with van der Waals surface area (Å²) in [6.07, 6.45) is 12.9. The van der Waals surface area contributed by atoms with E-state index < -0.39 is 6.10 Å². The predicted molar refractivity (Wildman–Crippen MR) is 77.8 cm³/mol. The van der Waals surface area contributed by atoms with Crippen LogP contribution in [0.5, 0.6) is 0 Å². The molecule has 4 heteroatoms. The van der Waals surface area contributed by atoms with Gasteiger partial charge in [-0.2, -0.15) is 0 Å². The van der Waals surface area contributed by atoms with Crippen LogP contribution in [0.15, 0.2) is 22.7 Å². The second kappa shape index (κ2) is 6.71. The average molecular weight is 327 g/mol. The summed E-state index contributed by atoms with van der Waals surface area (Å²) in [6, 6.07) is 0. The molecule has 2 saturated heterocycles. The van der Waals surface area contributed by atoms with Crippen molar-refractivity contribution in [2.24, 2.45) is 0 Å². The van der Waals surface area contributed by atoms with Gasteiger partial charge in [-0.05, 0) is 10.9 Å². The van der Waals surface area contributed by atoms with Crippen molar-refractivity contribution in [2.75, 3.05) is 0 Å². The number of ether oxygens (including phenoxy) is 2. The molecule has 3 nitrogen and oxygen atoms in total. The van der Waals surface area contributed by atoms with E-state index in [0.29, 0.717) is 6.42 Å². The van der Waals surface area contributed by atoms with E-state index in [1.165, 1.54) is 0 Å². The third kappa shape index (κ3) is 3.70. The van der Waals surface area contributed by atoms with Crippen molar-refractivity contribution in [2.45, 2.75) is 56.7 Å². The molecule has 2 rings (SSSR count). The molecular formula is C15H19BrO3. The number of rotatable bonds is 4. The largest absolute Gasteiger partial charge is 0.378 e. The lowest BCUT2D eigenvalue weighted by Crippen LogP contribution is -2.25. The number of aliphatic hydroxyl groups excluding tert-OH is 1. The van der Waals surface area contributed by atoms with Crippen LogP contribution in [0.25, 0.3) is 0 Å². The minimum Gasteiger partial charge on any atom is -0.378 e. The van der Waals surface area contributed by atoms with Crippen molar-refractivity contribution in [3.05, 3.63) is 22.7 Å². The van der Waals surface area contributed by atoms with Crippen molar-refractivity contribution in [3.63, 3.8) is 0 Å². The minimum atomic E-state index is -0.827. The fourth-order valence-corrected chi connectivity index (χ4v) is 2.60. The van der Waals surface area contributed by atoms with Crippen molar-refractivity contribution in [1.82, 2.24) is 0 Å². The highest BCUT2D eigenvalue weighted by Gasteiger charge is 2.44. The maximum Gasteiger partial charge on any atom is 0.140 e. The lowest BCUT2D eigenvalue weighted by atomic mass is 10.1. The molecule has 2 aliphatic heterocycles. The Balaban J connectivity index is 1.83. The smallest absolute Gasteiger partial charge is 0.140 e. The molecule has 2 fully saturated rings. The van der Waals surface area contributed by atoms with E-state index in [2.05, 4.69) is 28.8 Å². The van der Waals surface area contributed by atoms with Gasteiger partial charge < -0.3 is 14.6 Å². The zero-order chi connectivity index (χ0) is 13.8. The molecule has 0 aromatic heterocycles. The fraction of sp³-hybridized carbons (Fsp3) is 0.600. The Morgan fingerprint density at radius 3 is 2.84 bits per heavy atom. The Labute approximate surface area is 122 Å². The van der Waals surface area contributed by atoms with Gasteiger partial charge in [-0.15, -0.1) is 6.42 Å². The van der Waals surface area contributed by atoms with Crippen LogP contribution < -0.4 is 0 Å². The molecule has 0 aromatic carbocycles. The highest BCUT2D eigenvalue weighted by Crippen LogP contribution is 2.35. The first-order valence-corrected chi connectivity index (χ1v) is 7.41. The van der Waals surface area contributed by atoms with Crippen LogP contribution >= 0.6 is 15.9 Å². The van der Waals surface area contributed by atoms with E-state index in [1.807, 2.05) is 18.2 Å². The monoisotopic (exact) mass is 326 g/mol. The summed E-state index contributed by atoms with van der Waals surface area (Å²) in [5.74, 6) is 2.31. The molecule has 2 heterocycles. The third-order valence-electron chi connectivity index (χ3n) is 3.51. The summed E-state index contributed by atoms with van der Waals surface area (Å²) in [5.41, 5.74) is 0. The Bertz CT molecular complexity index is 396. The lowest BCUT2D eigenvalue weighted by molar-refractivity contribution is -0.0122. The number of hydrogen-bond acceptors (Lipinski definition) is 3. The van der Waals surface area contributed by atoms with Crippen LogP contribution in [-0.4, -0.2) is 35.6 Å². The van der Waals surface area contributed by atoms with E-state index in [-0.39, 0.29) is 24.4 Å². The summed E-state index contributed by atoms with van der Waals surface area (Å²) in [5, 5.41) is 9.56. The number of hydrogen-bond donors (Lipinski definition) is 1. The van der Waals surface area contributed by atoms with Crippen LogP contribution in [0.1, 0.15) is 26.2 Å². The van der Waals surface area contributed by atoms with Gasteiger partial charge in [0.25, 0.3) is 0 Å². The van der Waals surface area contributed by atoms with Crippen molar-refractivity contribution >= 4 is 15.9 Å². The highest BCUT2D eigenvalue weighted by molar-refractivity contribution is 9.11. The van der Waals surface area contributed by atoms with Gasteiger partial charge in [0, 0.05) is 12.8 Å². The predicted octanol–water partition coefficient (Wildman–Crippen LogP) is 2.54. The van der Waals surface area contributed by atoms with E-state index in [1.54, 1.807) is 0 Å². The zero-order valence-electron chi connectivity index (χ0n) is 11.0. The van der Waals surface area contributed by atoms with Crippen LogP contribution in [0.4, 0.5) is 0 Å². The van der Waals surface area contributed by atoms with E-state index in [0.717, 1.165) is 17.3 Å². The Kier molecular flexibility index (Phi) is 5.23. The van der Waals surface area contributed by atoms with Gasteiger partial charge in [0.05, 0.1) is 24.4 Å². The van der Waals surface area contributed by atoms with Crippen LogP contribution in [-0.2, 0) is 9.47 Å². The second-order valence-corrected chi connectivity index (χ2v) is 5.88. The normalized spacial score (nSPS) is 36.4. The van der Waals surface area contributed by atoms with Crippen molar-refractivity contribution in [1.29, 1.82) is 0 Å². The van der Waals surface area contributed by atoms with E-state index in [9.17, 15) is 5.11 Å². The molecule has 5 atom stereocenters. The summed E-state index contributed by atoms with van der Waals surface area (Å²) >= 11 is 3.46. The zero-order valence-corrected chi connectivity index (χ0v) is 12.5. The van der Waals surface area contributed by atoms with Crippen molar-refractivity contribution < 1.29 is 14.6 Å². The number of fused-ring (bicyclic) bond motifs is 1. The van der Waals surface area contributed by atoms with Gasteiger partial charge in [-0.1, -0.05) is 47.0 Å². The molecule has 0 bridgehead atoms. The molecule has 0 amide bonds. The summed E-state index contributed by atoms with van der Waals surface area (Å²) in [6.45, 7) is 2.09. The summed E-state index contributed by atoms with van der Waals surface area (Å²) < 4.78 is 12.8. The molecule has 1 unspecified atom stereocenters. The molecule has 0 spiro atoms. The van der Waals surface area contributed by atoms with Gasteiger partial charge in [0.1, 0.15) is 6.10 Å². The quantitative estimate of drug-likeness (QED) is 0.637. The van der Waals surface area contributed by atoms with E-state index in [4.69, 9.17) is 15.9 Å². The van der Waals surface area contributed by atoms with Gasteiger partial charge in [0.15, 0.2) is 0 Å². The maximum absolute atomic E-state index is 9.56. The maximum atomic E-state index is 9.56. The topological polar surface area (TPSA) is 38.7 Å². The first kappa shape index (κ1) is 14.8. The highest BCUT2D eigenvalue weighted by atomic mass is 79.9. The van der Waals surface area contributed by atoms with Crippen LogP contribution in [0, 0.1) is 12.3 Å². The second-order valence-electron chi connectivity index (χ2n) is 4.86. The molecule has 0 radical (unpaired) electrons. The first-order chi connectivity index (χ1) is 9.13. The van der Waals surface area contributed by atoms with Gasteiger partial charge in [-0.3, -0.25) is 0 Å². The molecule has 19 heavy (non-hydrogen) atoms. The summed E-state index contributed by atoms with van der Waals surface area (Å²) in [4.78, 5) is 0. The fourth-order valence-electron chi connectivity index (χ4n) is 2.44. The molecule has 2 aliphatic rings. The minimum absolute atomic E-state index is 0.0567. The van der Waals surface area contributed by atoms with E-state index >= 15 is 0 Å². The molecule has 0 aromatic rings. The molecule has 1 N–H and O–H groups in total. The molecule has 104 valence electrons. The number of halogens is 1. The average Bonchev–Trinajstić information content (AvgIpc) is 2.95. The molecule has 0 saturated carbocycles. The standard InChI is InChI=1S/C15H19BrO3/c1-3-10(16)6-5-7-11-8-14-15(18-11)9-13(19-14)12(17)4-2/h2,5-7,11-15,17H,3,8-9H2,1H3/b7-5+,10-6+/t11-,12?,13+,14-,15-/m0/s1. The van der Waals surface area contributed by atoms with Crippen LogP contribution in [0.3, 0.4) is 0 Å². The SMILES string of the molecule is C#CC(O)[C@H]1C[C@@H]2O[C@@H](/C=C/C=C(/Br)CC)C[C@@H]2O1. The van der Waals surface area contributed by atoms with Crippen molar-refractivity contribution in [3.8, 4) is 12.3 Å². The van der Waals surface area contributed by atoms with Crippen LogP contribution in [0.2, 0.25) is 0 Å². The lowest BCUT2D eigenvalue weighted by Gasteiger charge is -2.15. The summed E-state index contributed by atoms with van der Waals surface area (Å²) in [7, 11) is 0. The number of terminal acetylenes is 1. The molecular weight excluding hydrogens is 308 g/mol. The Hall–Kier alpha value is -0.600. The number of aliphatic hydroxyl groups is 1. The third-order valence-corrected chi connectivity index (χ3v) is 4.33. The first-order valence-electron chi connectivity index (χ1n) is 6.62.